The second-order valence-corrected chi connectivity index (χ2v) is 5.09. The van der Waals surface area contributed by atoms with Crippen LogP contribution in [-0.2, 0) is 13.2 Å². The van der Waals surface area contributed by atoms with Gasteiger partial charge in [-0.1, -0.05) is 15.9 Å². The van der Waals surface area contributed by atoms with Gasteiger partial charge in [0.25, 0.3) is 0 Å². The Morgan fingerprint density at radius 3 is 2.67 bits per heavy atom. The molecular weight excluding hydrogens is 336 g/mol. The topological polar surface area (TPSA) is 66.6 Å². The summed E-state index contributed by atoms with van der Waals surface area (Å²) in [7, 11) is 3.17. The molecule has 112 valence electrons. The van der Waals surface area contributed by atoms with Gasteiger partial charge in [0, 0.05) is 23.3 Å². The summed E-state index contributed by atoms with van der Waals surface area (Å²) in [6, 6.07) is 7.43. The van der Waals surface area contributed by atoms with Gasteiger partial charge in [-0.3, -0.25) is 4.98 Å². The number of rotatable bonds is 6. The van der Waals surface area contributed by atoms with Gasteiger partial charge in [0.2, 0.25) is 0 Å². The summed E-state index contributed by atoms with van der Waals surface area (Å²) in [4.78, 5) is 4.27. The smallest absolute Gasteiger partial charge is 0.185 e. The molecule has 0 fully saturated rings. The van der Waals surface area contributed by atoms with Crippen molar-refractivity contribution in [2.75, 3.05) is 14.2 Å². The van der Waals surface area contributed by atoms with Crippen LogP contribution in [0.25, 0.3) is 0 Å². The summed E-state index contributed by atoms with van der Waals surface area (Å²) < 4.78 is 17.3. The van der Waals surface area contributed by atoms with Crippen LogP contribution < -0.4 is 19.9 Å². The quantitative estimate of drug-likeness (QED) is 0.865. The normalized spacial score (nSPS) is 10.3. The van der Waals surface area contributed by atoms with E-state index in [0.717, 1.165) is 15.8 Å². The highest BCUT2D eigenvalue weighted by Gasteiger charge is 2.12. The van der Waals surface area contributed by atoms with Crippen molar-refractivity contribution in [2.24, 2.45) is 5.73 Å². The van der Waals surface area contributed by atoms with Crippen LogP contribution in [0.15, 0.2) is 34.9 Å². The van der Waals surface area contributed by atoms with Gasteiger partial charge in [0.05, 0.1) is 14.2 Å². The van der Waals surface area contributed by atoms with E-state index < -0.39 is 0 Å². The van der Waals surface area contributed by atoms with Crippen molar-refractivity contribution in [1.82, 2.24) is 4.98 Å². The van der Waals surface area contributed by atoms with Gasteiger partial charge in [-0.15, -0.1) is 0 Å². The summed E-state index contributed by atoms with van der Waals surface area (Å²) >= 11 is 3.44. The van der Waals surface area contributed by atoms with E-state index >= 15 is 0 Å². The number of hydrogen-bond acceptors (Lipinski definition) is 5. The molecule has 2 N–H and O–H groups in total. The third-order valence-corrected chi connectivity index (χ3v) is 3.75. The van der Waals surface area contributed by atoms with Crippen molar-refractivity contribution in [3.8, 4) is 17.2 Å². The minimum atomic E-state index is 0.284. The first kappa shape index (κ1) is 15.6. The molecule has 1 heterocycles. The number of nitrogens with zero attached hydrogens (tertiary/aromatic N) is 1. The predicted molar refractivity (Wildman–Crippen MR) is 83.7 cm³/mol. The Morgan fingerprint density at radius 1 is 1.19 bits per heavy atom. The summed E-state index contributed by atoms with van der Waals surface area (Å²) in [6.45, 7) is 0.727. The molecule has 0 amide bonds. The molecule has 21 heavy (non-hydrogen) atoms. The van der Waals surface area contributed by atoms with Crippen LogP contribution in [0.2, 0.25) is 0 Å². The van der Waals surface area contributed by atoms with Crippen molar-refractivity contribution in [3.63, 3.8) is 0 Å². The lowest BCUT2D eigenvalue weighted by molar-refractivity contribution is 0.284. The summed E-state index contributed by atoms with van der Waals surface area (Å²) in [5, 5.41) is 0. The number of benzene rings is 1. The van der Waals surface area contributed by atoms with Crippen molar-refractivity contribution in [1.29, 1.82) is 0 Å². The molecule has 0 atom stereocenters. The lowest BCUT2D eigenvalue weighted by Crippen LogP contribution is -2.04. The maximum atomic E-state index is 5.76. The Labute approximate surface area is 132 Å². The molecular formula is C15H17BrN2O3. The van der Waals surface area contributed by atoms with Crippen molar-refractivity contribution in [3.05, 3.63) is 46.2 Å². The fraction of sp³-hybridized carbons (Fsp3) is 0.267. The molecule has 0 saturated carbocycles. The minimum Gasteiger partial charge on any atom is -0.493 e. The van der Waals surface area contributed by atoms with Gasteiger partial charge in [0.1, 0.15) is 18.1 Å². The van der Waals surface area contributed by atoms with Gasteiger partial charge in [-0.05, 0) is 23.8 Å². The van der Waals surface area contributed by atoms with E-state index in [-0.39, 0.29) is 6.61 Å². The SMILES string of the molecule is COc1ccnc(COc2ccc(Br)c(CN)c2)c1OC. The maximum absolute atomic E-state index is 5.76. The Kier molecular flexibility index (Phi) is 5.41. The largest absolute Gasteiger partial charge is 0.493 e. The molecule has 1 aromatic carbocycles. The van der Waals surface area contributed by atoms with Crippen LogP contribution in [0.5, 0.6) is 17.2 Å². The van der Waals surface area contributed by atoms with Gasteiger partial charge >= 0.3 is 0 Å². The summed E-state index contributed by atoms with van der Waals surface area (Å²) in [6.07, 6.45) is 1.66. The average molecular weight is 353 g/mol. The van der Waals surface area contributed by atoms with Crippen LogP contribution in [0, 0.1) is 0 Å². The van der Waals surface area contributed by atoms with E-state index in [0.29, 0.717) is 23.7 Å². The van der Waals surface area contributed by atoms with Crippen molar-refractivity contribution < 1.29 is 14.2 Å². The minimum absolute atomic E-state index is 0.284. The monoisotopic (exact) mass is 352 g/mol. The molecule has 2 aromatic rings. The van der Waals surface area contributed by atoms with Gasteiger partial charge in [0.15, 0.2) is 11.5 Å². The van der Waals surface area contributed by atoms with E-state index in [4.69, 9.17) is 19.9 Å². The highest BCUT2D eigenvalue weighted by Crippen LogP contribution is 2.30. The van der Waals surface area contributed by atoms with E-state index in [1.807, 2.05) is 18.2 Å². The van der Waals surface area contributed by atoms with E-state index in [1.54, 1.807) is 26.5 Å². The number of methoxy groups -OCH3 is 2. The number of hydrogen-bond donors (Lipinski definition) is 1. The van der Waals surface area contributed by atoms with E-state index in [2.05, 4.69) is 20.9 Å². The summed E-state index contributed by atoms with van der Waals surface area (Å²) in [5.74, 6) is 1.94. The molecule has 0 radical (unpaired) electrons. The number of halogens is 1. The van der Waals surface area contributed by atoms with Gasteiger partial charge in [-0.2, -0.15) is 0 Å². The molecule has 2 rings (SSSR count). The number of pyridine rings is 1. The Morgan fingerprint density at radius 2 is 2.00 bits per heavy atom. The van der Waals surface area contributed by atoms with E-state index in [9.17, 15) is 0 Å². The maximum Gasteiger partial charge on any atom is 0.185 e. The molecule has 6 heteroatoms. The molecule has 5 nitrogen and oxygen atoms in total. The van der Waals surface area contributed by atoms with Gasteiger partial charge < -0.3 is 19.9 Å². The van der Waals surface area contributed by atoms with Gasteiger partial charge in [-0.25, -0.2) is 0 Å². The molecule has 0 saturated heterocycles. The molecule has 0 aliphatic heterocycles. The molecule has 1 aromatic heterocycles. The van der Waals surface area contributed by atoms with Crippen LogP contribution in [0.4, 0.5) is 0 Å². The average Bonchev–Trinajstić information content (AvgIpc) is 2.53. The zero-order chi connectivity index (χ0) is 15.2. The van der Waals surface area contributed by atoms with Crippen molar-refractivity contribution in [2.45, 2.75) is 13.2 Å². The van der Waals surface area contributed by atoms with E-state index in [1.165, 1.54) is 0 Å². The number of aromatic nitrogens is 1. The predicted octanol–water partition coefficient (Wildman–Crippen LogP) is 2.90. The highest BCUT2D eigenvalue weighted by atomic mass is 79.9. The van der Waals surface area contributed by atoms with Crippen LogP contribution in [0.1, 0.15) is 11.3 Å². The first-order valence-corrected chi connectivity index (χ1v) is 7.16. The standard InChI is InChI=1S/C15H17BrN2O3/c1-19-14-5-6-18-13(15(14)20-2)9-21-11-3-4-12(16)10(7-11)8-17/h3-7H,8-9,17H2,1-2H3. The highest BCUT2D eigenvalue weighted by molar-refractivity contribution is 9.10. The fourth-order valence-electron chi connectivity index (χ4n) is 1.90. The number of nitrogens with two attached hydrogens (primary N) is 1. The fourth-order valence-corrected chi connectivity index (χ4v) is 2.31. The van der Waals surface area contributed by atoms with Crippen LogP contribution >= 0.6 is 15.9 Å². The Balaban J connectivity index is 2.16. The zero-order valence-corrected chi connectivity index (χ0v) is 13.5. The molecule has 0 aliphatic carbocycles. The second kappa shape index (κ2) is 7.28. The van der Waals surface area contributed by atoms with Crippen molar-refractivity contribution >= 4 is 15.9 Å². The van der Waals surface area contributed by atoms with Crippen LogP contribution in [-0.4, -0.2) is 19.2 Å². The lowest BCUT2D eigenvalue weighted by Gasteiger charge is -2.13. The zero-order valence-electron chi connectivity index (χ0n) is 11.9. The third kappa shape index (κ3) is 3.65. The molecule has 0 unspecified atom stereocenters. The summed E-state index contributed by atoms with van der Waals surface area (Å²) in [5.41, 5.74) is 7.34. The third-order valence-electron chi connectivity index (χ3n) is 2.98. The van der Waals surface area contributed by atoms with Crippen LogP contribution in [0.3, 0.4) is 0 Å². The molecule has 0 spiro atoms. The first-order valence-electron chi connectivity index (χ1n) is 6.36. The Bertz CT molecular complexity index is 620. The first-order chi connectivity index (χ1) is 10.2. The number of ether oxygens (including phenoxy) is 3. The Hall–Kier alpha value is -1.79. The second-order valence-electron chi connectivity index (χ2n) is 4.24. The molecule has 0 bridgehead atoms. The lowest BCUT2D eigenvalue weighted by atomic mass is 10.2. The molecule has 0 aliphatic rings.